The van der Waals surface area contributed by atoms with E-state index < -0.39 is 148 Å². The normalized spacial score (nSPS) is 16.2. The van der Waals surface area contributed by atoms with E-state index in [0.717, 1.165) is 21.7 Å². The van der Waals surface area contributed by atoms with E-state index in [0.29, 0.717) is 54.2 Å². The number of Topliss-reactive ketones (excluding diaryl/α,β-unsaturated/α-hetero) is 2. The highest BCUT2D eigenvalue weighted by Gasteiger charge is 2.45. The molecule has 1 saturated carbocycles. The standard InChI is InChI=1S/C73H103N11O13/c1-42(2)36-56(76-64(89)46(8)82(14)71(96)59(44(5)6)78-68(93)61(62(87)51-32-24-19-25-33-51)80-67(92)60(47(9)85)79-65(90)45(7)81(13)48(10)86)63(88)54(39-52-41-75-55-35-27-26-34-53(52)55)69(94)83(15)58(38-50-30-22-18-23-31-50)66(91)77-57(37-49-28-20-17-21-29-49)70(95)84(16)73(11,40-43(3)4)72(97)74-12/h17-18,20-23,26-31,34-35,41-47,51,54,56-58,60-61,75,85H,19,24-25,32-33,36-40H2,1-16H3,(H,74,97)(H,76,89)(H,77,91)(H,79,90)(H,80,92)/b78-59-/t45-,46-,47?,54+,56-,57-,58-,60-,61+,73-/m0/s1. The van der Waals surface area contributed by atoms with Crippen LogP contribution < -0.4 is 26.6 Å². The molecule has 1 unspecified atom stereocenters. The Kier molecular flexibility index (Phi) is 29.1. The van der Waals surface area contributed by atoms with E-state index >= 15 is 14.4 Å². The van der Waals surface area contributed by atoms with Gasteiger partial charge < -0.3 is 56.3 Å². The first-order valence-electron chi connectivity index (χ1n) is 33.6. The molecule has 0 saturated heterocycles. The second-order valence-electron chi connectivity index (χ2n) is 27.3. The quantitative estimate of drug-likeness (QED) is 0.0242. The number of ketones is 2. The highest BCUT2D eigenvalue weighted by atomic mass is 16.3. The average molecular weight is 1340 g/mol. The molecule has 0 spiro atoms. The molecule has 0 radical (unpaired) electrons. The Balaban J connectivity index is 1.52. The maximum absolute atomic E-state index is 15.8. The highest BCUT2D eigenvalue weighted by Crippen LogP contribution is 2.29. The summed E-state index contributed by atoms with van der Waals surface area (Å²) in [6, 6.07) is 15.2. The summed E-state index contributed by atoms with van der Waals surface area (Å²) >= 11 is 0. The first kappa shape index (κ1) is 78.8. The van der Waals surface area contributed by atoms with Crippen LogP contribution in [0.5, 0.6) is 0 Å². The van der Waals surface area contributed by atoms with Gasteiger partial charge in [-0.15, -0.1) is 0 Å². The van der Waals surface area contributed by atoms with Crippen molar-refractivity contribution in [3.63, 3.8) is 0 Å². The van der Waals surface area contributed by atoms with E-state index in [1.807, 2.05) is 70.2 Å². The Morgan fingerprint density at radius 1 is 0.619 bits per heavy atom. The number of hydrogen-bond donors (Lipinski definition) is 7. The fourth-order valence-corrected chi connectivity index (χ4v) is 12.3. The zero-order valence-electron chi connectivity index (χ0n) is 59.3. The zero-order chi connectivity index (χ0) is 72.3. The number of carbonyl (C=O) groups is 12. The van der Waals surface area contributed by atoms with Crippen molar-refractivity contribution < 1.29 is 62.6 Å². The molecular weight excluding hydrogens is 1240 g/mol. The molecule has 4 aromatic rings. The molecule has 0 bridgehead atoms. The van der Waals surface area contributed by atoms with Crippen molar-refractivity contribution >= 4 is 87.3 Å². The maximum Gasteiger partial charge on any atom is 0.276 e. The molecule has 5 rings (SSSR count). The van der Waals surface area contributed by atoms with Gasteiger partial charge in [0.25, 0.3) is 11.8 Å². The molecule has 24 heteroatoms. The van der Waals surface area contributed by atoms with Crippen LogP contribution >= 0.6 is 0 Å². The number of likely N-dealkylation sites (N-methyl/N-ethyl adjacent to an activating group) is 5. The third kappa shape index (κ3) is 20.8. The van der Waals surface area contributed by atoms with Gasteiger partial charge in [0, 0.05) is 83.9 Å². The van der Waals surface area contributed by atoms with E-state index in [4.69, 9.17) is 0 Å². The summed E-state index contributed by atoms with van der Waals surface area (Å²) in [6.07, 6.45) is 3.17. The fourth-order valence-electron chi connectivity index (χ4n) is 12.3. The van der Waals surface area contributed by atoms with Crippen molar-refractivity contribution in [2.45, 2.75) is 194 Å². The molecule has 0 aliphatic heterocycles. The number of aliphatic imine (C=N–C) groups is 1. The van der Waals surface area contributed by atoms with Crippen molar-refractivity contribution in [2.75, 3.05) is 35.2 Å². The molecule has 1 heterocycles. The molecule has 10 amide bonds. The van der Waals surface area contributed by atoms with E-state index in [1.165, 1.54) is 72.7 Å². The van der Waals surface area contributed by atoms with Crippen molar-refractivity contribution in [1.29, 1.82) is 0 Å². The van der Waals surface area contributed by atoms with Gasteiger partial charge in [-0.3, -0.25) is 57.5 Å². The van der Waals surface area contributed by atoms with Gasteiger partial charge in [-0.25, -0.2) is 4.99 Å². The average Bonchev–Trinajstić information content (AvgIpc) is 1.77. The smallest absolute Gasteiger partial charge is 0.276 e. The lowest BCUT2D eigenvalue weighted by Crippen LogP contribution is -2.63. The van der Waals surface area contributed by atoms with Gasteiger partial charge in [-0.1, -0.05) is 140 Å². The van der Waals surface area contributed by atoms with Gasteiger partial charge in [0.15, 0.2) is 17.6 Å². The summed E-state index contributed by atoms with van der Waals surface area (Å²) in [5.41, 5.74) is 0.930. The summed E-state index contributed by atoms with van der Waals surface area (Å²) in [7, 11) is 7.11. The van der Waals surface area contributed by atoms with E-state index in [2.05, 4.69) is 36.6 Å². The van der Waals surface area contributed by atoms with Crippen LogP contribution in [0.25, 0.3) is 10.9 Å². The summed E-state index contributed by atoms with van der Waals surface area (Å²) in [5, 5.41) is 24.8. The van der Waals surface area contributed by atoms with Crippen LogP contribution in [0.3, 0.4) is 0 Å². The third-order valence-electron chi connectivity index (χ3n) is 18.6. The number of fused-ring (bicyclic) bond motifs is 1. The van der Waals surface area contributed by atoms with Crippen LogP contribution in [-0.2, 0) is 76.8 Å². The topological polar surface area (TPSA) is 326 Å². The van der Waals surface area contributed by atoms with Gasteiger partial charge in [-0.05, 0) is 94.4 Å². The number of aliphatic hydroxyl groups excluding tert-OH is 1. The Morgan fingerprint density at radius 2 is 1.16 bits per heavy atom. The van der Waals surface area contributed by atoms with Crippen LogP contribution in [-0.4, -0.2) is 195 Å². The lowest BCUT2D eigenvalue weighted by Gasteiger charge is -2.40. The maximum atomic E-state index is 15.8. The molecule has 1 aliphatic rings. The number of aliphatic hydroxyl groups is 1. The minimum absolute atomic E-state index is 0.0102. The zero-order valence-corrected chi connectivity index (χ0v) is 59.3. The Bertz CT molecular complexity index is 3470. The molecule has 24 nitrogen and oxygen atoms in total. The fraction of sp³-hybridized carbons (Fsp3) is 0.548. The summed E-state index contributed by atoms with van der Waals surface area (Å²) < 4.78 is 0. The van der Waals surface area contributed by atoms with Crippen molar-refractivity contribution in [2.24, 2.45) is 34.6 Å². The predicted molar refractivity (Wildman–Crippen MR) is 370 cm³/mol. The van der Waals surface area contributed by atoms with Gasteiger partial charge in [-0.2, -0.15) is 0 Å². The van der Waals surface area contributed by atoms with Gasteiger partial charge in [0.05, 0.1) is 12.1 Å². The SMILES string of the molecule is CNC(=O)[C@](C)(CC(C)C)N(C)C(=O)[C@H](Cc1ccccc1)NC(=O)[C@H](Cc1ccccc1)N(C)C(=O)[C@H](Cc1c[nH]c2ccccc12)C(=O)[C@H](CC(C)C)NC(=O)[C@H](C)N(C)C(=O)/C(=N\C(=O)[C@H](NC(=O)[C@@H](NC(=O)[C@H](C)N(C)C(C)=O)C(C)O)C(=O)C1CCCCC1)C(C)C. The van der Waals surface area contributed by atoms with E-state index in [9.17, 15) is 48.3 Å². The second kappa shape index (κ2) is 35.9. The highest BCUT2D eigenvalue weighted by molar-refractivity contribution is 6.41. The van der Waals surface area contributed by atoms with Crippen LogP contribution in [0.15, 0.2) is 96.1 Å². The van der Waals surface area contributed by atoms with Crippen LogP contribution in [0.1, 0.15) is 138 Å². The number of nitrogens with one attached hydrogen (secondary N) is 6. The molecule has 10 atom stereocenters. The molecule has 7 N–H and O–H groups in total. The number of rotatable bonds is 33. The minimum atomic E-state index is -1.97. The minimum Gasteiger partial charge on any atom is -0.391 e. The first-order chi connectivity index (χ1) is 45.6. The first-order valence-corrected chi connectivity index (χ1v) is 33.6. The van der Waals surface area contributed by atoms with Gasteiger partial charge in [0.1, 0.15) is 47.4 Å². The van der Waals surface area contributed by atoms with Gasteiger partial charge in [0.2, 0.25) is 47.3 Å². The number of aromatic amines is 1. The van der Waals surface area contributed by atoms with Crippen molar-refractivity contribution in [3.05, 3.63) is 108 Å². The van der Waals surface area contributed by atoms with Gasteiger partial charge >= 0.3 is 0 Å². The molecule has 1 fully saturated rings. The number of nitrogens with zero attached hydrogens (tertiary/aromatic N) is 5. The lowest BCUT2D eigenvalue weighted by molar-refractivity contribution is -0.150. The monoisotopic (exact) mass is 1340 g/mol. The number of aromatic nitrogens is 1. The number of benzene rings is 3. The predicted octanol–water partition coefficient (Wildman–Crippen LogP) is 5.07. The molecular formula is C73H103N11O13. The molecule has 97 heavy (non-hydrogen) atoms. The molecule has 1 aliphatic carbocycles. The molecule has 528 valence electrons. The Hall–Kier alpha value is -8.93. The summed E-state index contributed by atoms with van der Waals surface area (Å²) in [5.74, 6) is -12.5. The Labute approximate surface area is 570 Å². The van der Waals surface area contributed by atoms with Crippen LogP contribution in [0, 0.1) is 29.6 Å². The lowest BCUT2D eigenvalue weighted by atomic mass is 9.83. The summed E-state index contributed by atoms with van der Waals surface area (Å²) in [6.45, 7) is 17.6. The number of H-pyrrole nitrogens is 1. The number of hydrogen-bond acceptors (Lipinski definition) is 13. The van der Waals surface area contributed by atoms with Crippen molar-refractivity contribution in [3.8, 4) is 0 Å². The van der Waals surface area contributed by atoms with E-state index in [-0.39, 0.29) is 37.5 Å². The number of para-hydroxylation sites is 1. The molecule has 1 aromatic heterocycles. The summed E-state index contributed by atoms with van der Waals surface area (Å²) in [4.78, 5) is 185. The van der Waals surface area contributed by atoms with Crippen molar-refractivity contribution in [1.82, 2.24) is 51.2 Å². The number of carbonyl (C=O) groups excluding carboxylic acids is 12. The largest absolute Gasteiger partial charge is 0.391 e. The Morgan fingerprint density at radius 3 is 1.71 bits per heavy atom. The molecule has 3 aromatic carbocycles. The second-order valence-corrected chi connectivity index (χ2v) is 27.3. The van der Waals surface area contributed by atoms with Crippen LogP contribution in [0.2, 0.25) is 0 Å². The van der Waals surface area contributed by atoms with Crippen LogP contribution in [0.4, 0.5) is 0 Å². The third-order valence-corrected chi connectivity index (χ3v) is 18.6. The number of amides is 10. The van der Waals surface area contributed by atoms with E-state index in [1.54, 1.807) is 69.4 Å².